The Balaban J connectivity index is 2.10. The molecule has 6 nitrogen and oxygen atoms in total. The van der Waals surface area contributed by atoms with E-state index >= 15 is 0 Å². The molecule has 0 saturated heterocycles. The van der Waals surface area contributed by atoms with Crippen LogP contribution < -0.4 is 10.0 Å². The standard InChI is InChI=1S/C19H23ClN2O4S/c1-3-26-12-4-11-21-19(23)15-6-5-14(2)18(13-15)22-27(24,25)17-9-7-16(20)8-10-17/h5-10,13,22H,3-4,11-12H2,1-2H3,(H,21,23). The largest absolute Gasteiger partial charge is 0.382 e. The van der Waals surface area contributed by atoms with Gasteiger partial charge in [0.25, 0.3) is 15.9 Å². The fraction of sp³-hybridized carbons (Fsp3) is 0.316. The number of nitrogens with one attached hydrogen (secondary N) is 2. The lowest BCUT2D eigenvalue weighted by Crippen LogP contribution is -2.25. The summed E-state index contributed by atoms with van der Waals surface area (Å²) in [6.45, 7) is 5.39. The van der Waals surface area contributed by atoms with E-state index in [4.69, 9.17) is 16.3 Å². The molecule has 2 N–H and O–H groups in total. The van der Waals surface area contributed by atoms with E-state index in [9.17, 15) is 13.2 Å². The summed E-state index contributed by atoms with van der Waals surface area (Å²) < 4.78 is 32.9. The average molecular weight is 411 g/mol. The maximum atomic E-state index is 12.6. The van der Waals surface area contributed by atoms with Gasteiger partial charge in [-0.3, -0.25) is 9.52 Å². The van der Waals surface area contributed by atoms with Crippen LogP contribution >= 0.6 is 11.6 Å². The molecule has 146 valence electrons. The van der Waals surface area contributed by atoms with Gasteiger partial charge >= 0.3 is 0 Å². The van der Waals surface area contributed by atoms with E-state index in [0.29, 0.717) is 48.0 Å². The lowest BCUT2D eigenvalue weighted by Gasteiger charge is -2.13. The zero-order valence-electron chi connectivity index (χ0n) is 15.3. The molecular weight excluding hydrogens is 388 g/mol. The number of halogens is 1. The summed E-state index contributed by atoms with van der Waals surface area (Å²) in [4.78, 5) is 12.4. The molecule has 0 unspecified atom stereocenters. The van der Waals surface area contributed by atoms with Crippen molar-refractivity contribution in [1.82, 2.24) is 5.32 Å². The number of carbonyl (C=O) groups excluding carboxylic acids is 1. The lowest BCUT2D eigenvalue weighted by molar-refractivity contribution is 0.0944. The van der Waals surface area contributed by atoms with E-state index in [2.05, 4.69) is 10.0 Å². The van der Waals surface area contributed by atoms with Crippen molar-refractivity contribution in [2.75, 3.05) is 24.5 Å². The van der Waals surface area contributed by atoms with Crippen molar-refractivity contribution >= 4 is 33.2 Å². The van der Waals surface area contributed by atoms with E-state index in [0.717, 1.165) is 0 Å². The third-order valence-corrected chi connectivity index (χ3v) is 5.46. The van der Waals surface area contributed by atoms with Crippen molar-refractivity contribution < 1.29 is 17.9 Å². The van der Waals surface area contributed by atoms with Crippen LogP contribution in [-0.2, 0) is 14.8 Å². The normalized spacial score (nSPS) is 11.2. The second-order valence-electron chi connectivity index (χ2n) is 5.90. The van der Waals surface area contributed by atoms with Gasteiger partial charge in [0.05, 0.1) is 10.6 Å². The van der Waals surface area contributed by atoms with Gasteiger partial charge in [-0.25, -0.2) is 8.42 Å². The van der Waals surface area contributed by atoms with Crippen molar-refractivity contribution in [2.24, 2.45) is 0 Å². The summed E-state index contributed by atoms with van der Waals surface area (Å²) in [5.74, 6) is -0.265. The number of rotatable bonds is 9. The molecule has 0 fully saturated rings. The maximum Gasteiger partial charge on any atom is 0.261 e. The van der Waals surface area contributed by atoms with Gasteiger partial charge in [0.15, 0.2) is 0 Å². The molecule has 0 aliphatic heterocycles. The van der Waals surface area contributed by atoms with Crippen LogP contribution in [0.15, 0.2) is 47.4 Å². The molecule has 0 atom stereocenters. The van der Waals surface area contributed by atoms with Crippen LogP contribution in [0.4, 0.5) is 5.69 Å². The van der Waals surface area contributed by atoms with E-state index < -0.39 is 10.0 Å². The minimum absolute atomic E-state index is 0.0945. The van der Waals surface area contributed by atoms with Crippen molar-refractivity contribution in [3.63, 3.8) is 0 Å². The molecule has 0 radical (unpaired) electrons. The van der Waals surface area contributed by atoms with E-state index in [-0.39, 0.29) is 10.8 Å². The first-order chi connectivity index (χ1) is 12.8. The molecule has 27 heavy (non-hydrogen) atoms. The minimum atomic E-state index is -3.78. The third kappa shape index (κ3) is 6.23. The zero-order valence-corrected chi connectivity index (χ0v) is 16.9. The Bertz CT molecular complexity index is 883. The number of carbonyl (C=O) groups is 1. The topological polar surface area (TPSA) is 84.5 Å². The highest BCUT2D eigenvalue weighted by atomic mass is 35.5. The summed E-state index contributed by atoms with van der Waals surface area (Å²) in [7, 11) is -3.78. The second kappa shape index (κ2) is 9.73. The Hall–Kier alpha value is -2.09. The first kappa shape index (κ1) is 21.2. The van der Waals surface area contributed by atoms with Gasteiger partial charge in [-0.05, 0) is 62.2 Å². The summed E-state index contributed by atoms with van der Waals surface area (Å²) in [5, 5.41) is 3.25. The zero-order chi connectivity index (χ0) is 19.9. The molecule has 0 aliphatic carbocycles. The van der Waals surface area contributed by atoms with Crippen LogP contribution in [-0.4, -0.2) is 34.1 Å². The molecule has 8 heteroatoms. The van der Waals surface area contributed by atoms with Gasteiger partial charge < -0.3 is 10.1 Å². The highest BCUT2D eigenvalue weighted by Crippen LogP contribution is 2.22. The summed E-state index contributed by atoms with van der Waals surface area (Å²) in [6, 6.07) is 10.8. The number of aryl methyl sites for hydroxylation is 1. The highest BCUT2D eigenvalue weighted by molar-refractivity contribution is 7.92. The smallest absolute Gasteiger partial charge is 0.261 e. The molecule has 2 aromatic carbocycles. The highest BCUT2D eigenvalue weighted by Gasteiger charge is 2.16. The number of anilines is 1. The molecule has 0 saturated carbocycles. The molecule has 1 amide bonds. The Morgan fingerprint density at radius 3 is 2.52 bits per heavy atom. The molecule has 0 spiro atoms. The van der Waals surface area contributed by atoms with E-state index in [1.54, 1.807) is 19.1 Å². The Kier molecular flexibility index (Phi) is 7.65. The number of ether oxygens (including phenoxy) is 1. The second-order valence-corrected chi connectivity index (χ2v) is 8.01. The van der Waals surface area contributed by atoms with Crippen molar-refractivity contribution in [3.05, 3.63) is 58.6 Å². The lowest BCUT2D eigenvalue weighted by atomic mass is 10.1. The molecule has 2 rings (SSSR count). The molecule has 0 heterocycles. The van der Waals surface area contributed by atoms with Crippen molar-refractivity contribution in [1.29, 1.82) is 0 Å². The van der Waals surface area contributed by atoms with Gasteiger partial charge in [0, 0.05) is 30.3 Å². The van der Waals surface area contributed by atoms with Gasteiger partial charge in [0.1, 0.15) is 0 Å². The van der Waals surface area contributed by atoms with Crippen molar-refractivity contribution in [2.45, 2.75) is 25.2 Å². The number of benzene rings is 2. The predicted molar refractivity (Wildman–Crippen MR) is 107 cm³/mol. The molecule has 0 bridgehead atoms. The van der Waals surface area contributed by atoms with Crippen LogP contribution in [0, 0.1) is 6.92 Å². The Morgan fingerprint density at radius 1 is 1.15 bits per heavy atom. The fourth-order valence-corrected chi connectivity index (χ4v) is 3.56. The Labute approximate surface area is 164 Å². The van der Waals surface area contributed by atoms with Gasteiger partial charge in [-0.15, -0.1) is 0 Å². The molecule has 0 aliphatic rings. The fourth-order valence-electron chi connectivity index (χ4n) is 2.31. The van der Waals surface area contributed by atoms with Crippen LogP contribution in [0.5, 0.6) is 0 Å². The Morgan fingerprint density at radius 2 is 1.85 bits per heavy atom. The van der Waals surface area contributed by atoms with Crippen molar-refractivity contribution in [3.8, 4) is 0 Å². The van der Waals surface area contributed by atoms with Gasteiger partial charge in [-0.2, -0.15) is 0 Å². The quantitative estimate of drug-likeness (QED) is 0.618. The van der Waals surface area contributed by atoms with Crippen LogP contribution in [0.3, 0.4) is 0 Å². The van der Waals surface area contributed by atoms with Gasteiger partial charge in [-0.1, -0.05) is 17.7 Å². The van der Waals surface area contributed by atoms with Crippen LogP contribution in [0.25, 0.3) is 0 Å². The number of hydrogen-bond donors (Lipinski definition) is 2. The number of hydrogen-bond acceptors (Lipinski definition) is 4. The SMILES string of the molecule is CCOCCCNC(=O)c1ccc(C)c(NS(=O)(=O)c2ccc(Cl)cc2)c1. The average Bonchev–Trinajstić information content (AvgIpc) is 2.63. The van der Waals surface area contributed by atoms with Crippen LogP contribution in [0.2, 0.25) is 5.02 Å². The first-order valence-corrected chi connectivity index (χ1v) is 10.4. The molecule has 0 aromatic heterocycles. The predicted octanol–water partition coefficient (Wildman–Crippen LogP) is 3.61. The van der Waals surface area contributed by atoms with Gasteiger partial charge in [0.2, 0.25) is 0 Å². The monoisotopic (exact) mass is 410 g/mol. The molecular formula is C19H23ClN2O4S. The number of sulfonamides is 1. The summed E-state index contributed by atoms with van der Waals surface area (Å²) >= 11 is 5.80. The van der Waals surface area contributed by atoms with E-state index in [1.165, 1.54) is 30.3 Å². The summed E-state index contributed by atoms with van der Waals surface area (Å²) in [5.41, 5.74) is 1.44. The first-order valence-electron chi connectivity index (χ1n) is 8.58. The van der Waals surface area contributed by atoms with Crippen LogP contribution in [0.1, 0.15) is 29.3 Å². The molecule has 2 aromatic rings. The summed E-state index contributed by atoms with van der Waals surface area (Å²) in [6.07, 6.45) is 0.710. The maximum absolute atomic E-state index is 12.6. The minimum Gasteiger partial charge on any atom is -0.382 e. The number of amides is 1. The third-order valence-electron chi connectivity index (χ3n) is 3.82. The van der Waals surface area contributed by atoms with E-state index in [1.807, 2.05) is 6.92 Å².